The molecule has 0 saturated heterocycles. The molecule has 6 heteroatoms. The van der Waals surface area contributed by atoms with Crippen molar-refractivity contribution in [3.63, 3.8) is 0 Å². The lowest BCUT2D eigenvalue weighted by atomic mass is 10.3. The smallest absolute Gasteiger partial charge is 0.112 e. The second-order valence-electron chi connectivity index (χ2n) is 3.55. The van der Waals surface area contributed by atoms with Crippen LogP contribution in [0, 0.1) is 0 Å². The Morgan fingerprint density at radius 2 is 1.39 bits per heavy atom. The molecule has 0 aliphatic rings. The molecule has 0 spiro atoms. The number of aromatic amines is 1. The molecule has 18 heavy (non-hydrogen) atoms. The van der Waals surface area contributed by atoms with Crippen LogP contribution in [0.3, 0.4) is 0 Å². The number of hydrogen-bond acceptors (Lipinski definition) is 5. The molecular weight excluding hydrogens is 246 g/mol. The van der Waals surface area contributed by atoms with Crippen molar-refractivity contribution in [2.24, 2.45) is 0 Å². The van der Waals surface area contributed by atoms with Crippen molar-refractivity contribution in [2.75, 3.05) is 0 Å². The van der Waals surface area contributed by atoms with Crippen LogP contribution in [0.2, 0.25) is 0 Å². The Bertz CT molecular complexity index is 634. The first kappa shape index (κ1) is 10.8. The van der Waals surface area contributed by atoms with Crippen LogP contribution in [0.25, 0.3) is 21.3 Å². The third kappa shape index (κ3) is 2.18. The number of rotatable bonds is 0. The van der Waals surface area contributed by atoms with E-state index in [2.05, 4.69) is 25.0 Å². The summed E-state index contributed by atoms with van der Waals surface area (Å²) in [6.07, 6.45) is 0. The predicted octanol–water partition coefficient (Wildman–Crippen LogP) is 2.65. The van der Waals surface area contributed by atoms with Crippen molar-refractivity contribution in [1.82, 2.24) is 25.0 Å². The topological polar surface area (TPSA) is 67.3 Å². The molecule has 4 rings (SSSR count). The van der Waals surface area contributed by atoms with E-state index in [1.807, 2.05) is 48.5 Å². The number of nitrogens with one attached hydrogen (secondary N) is 1. The predicted molar refractivity (Wildman–Crippen MR) is 71.3 cm³/mol. The lowest BCUT2D eigenvalue weighted by Gasteiger charge is -1.78. The van der Waals surface area contributed by atoms with E-state index in [4.69, 9.17) is 0 Å². The Morgan fingerprint density at radius 3 is 2.06 bits per heavy atom. The number of benzene rings is 2. The molecule has 2 heterocycles. The first-order chi connectivity index (χ1) is 8.93. The Morgan fingerprint density at radius 1 is 0.778 bits per heavy atom. The van der Waals surface area contributed by atoms with Gasteiger partial charge in [0.05, 0.1) is 4.70 Å². The van der Waals surface area contributed by atoms with Gasteiger partial charge in [0.25, 0.3) is 0 Å². The van der Waals surface area contributed by atoms with Gasteiger partial charge < -0.3 is 0 Å². The van der Waals surface area contributed by atoms with Gasteiger partial charge in [0.1, 0.15) is 16.6 Å². The minimum absolute atomic E-state index is 0.914. The van der Waals surface area contributed by atoms with Crippen molar-refractivity contribution < 1.29 is 0 Å². The number of hydrogen-bond donors (Lipinski definition) is 1. The van der Waals surface area contributed by atoms with E-state index < -0.39 is 0 Å². The lowest BCUT2D eigenvalue weighted by Crippen LogP contribution is -1.63. The number of fused-ring (bicyclic) bond motifs is 2. The Hall–Kier alpha value is -2.34. The average Bonchev–Trinajstić information content (AvgIpc) is 3.08. The standard InChI is InChI=1S/C6H5N3.C6H4N2S/c1-2-4-6-5(3-1)7-9-8-6;1-2-4-6-5(3-1)7-8-9-6/h1-4H,(H,7,8,9);1-4H. The Balaban J connectivity index is 0.000000111. The molecule has 0 bridgehead atoms. The third-order valence-corrected chi connectivity index (χ3v) is 3.08. The lowest BCUT2D eigenvalue weighted by molar-refractivity contribution is 0.959. The molecule has 88 valence electrons. The first-order valence-electron chi connectivity index (χ1n) is 5.36. The molecule has 0 fully saturated rings. The number of aromatic nitrogens is 5. The average molecular weight is 255 g/mol. The van der Waals surface area contributed by atoms with Gasteiger partial charge in [-0.05, 0) is 35.8 Å². The normalized spacial score (nSPS) is 10.2. The molecule has 1 N–H and O–H groups in total. The maximum atomic E-state index is 3.89. The summed E-state index contributed by atoms with van der Waals surface area (Å²) in [6, 6.07) is 15.6. The van der Waals surface area contributed by atoms with Gasteiger partial charge >= 0.3 is 0 Å². The molecule has 0 saturated carbocycles. The van der Waals surface area contributed by atoms with Crippen molar-refractivity contribution >= 4 is 32.8 Å². The monoisotopic (exact) mass is 255 g/mol. The minimum atomic E-state index is 0.914. The number of H-pyrrole nitrogens is 1. The summed E-state index contributed by atoms with van der Waals surface area (Å²) in [6.45, 7) is 0. The SMILES string of the molecule is c1ccc2n[nH]nc2c1.c1ccc2snnc2c1. The number of nitrogens with zero attached hydrogens (tertiary/aromatic N) is 4. The van der Waals surface area contributed by atoms with Crippen LogP contribution in [0.4, 0.5) is 0 Å². The molecule has 2 aromatic heterocycles. The summed E-state index contributed by atoms with van der Waals surface area (Å²) < 4.78 is 4.94. The van der Waals surface area contributed by atoms with Crippen LogP contribution < -0.4 is 0 Å². The van der Waals surface area contributed by atoms with Crippen LogP contribution in [0.1, 0.15) is 0 Å². The van der Waals surface area contributed by atoms with Crippen molar-refractivity contribution in [2.45, 2.75) is 0 Å². The van der Waals surface area contributed by atoms with Gasteiger partial charge in [0.15, 0.2) is 0 Å². The van der Waals surface area contributed by atoms with E-state index in [0.29, 0.717) is 0 Å². The van der Waals surface area contributed by atoms with Crippen LogP contribution in [0.5, 0.6) is 0 Å². The van der Waals surface area contributed by atoms with Crippen molar-refractivity contribution in [1.29, 1.82) is 0 Å². The van der Waals surface area contributed by atoms with Crippen molar-refractivity contribution in [3.05, 3.63) is 48.5 Å². The summed E-state index contributed by atoms with van der Waals surface area (Å²) >= 11 is 1.43. The van der Waals surface area contributed by atoms with Gasteiger partial charge in [-0.3, -0.25) is 0 Å². The fourth-order valence-electron chi connectivity index (χ4n) is 1.51. The van der Waals surface area contributed by atoms with E-state index in [-0.39, 0.29) is 0 Å². The summed E-state index contributed by atoms with van der Waals surface area (Å²) in [4.78, 5) is 0. The van der Waals surface area contributed by atoms with E-state index >= 15 is 0 Å². The molecule has 0 amide bonds. The van der Waals surface area contributed by atoms with Gasteiger partial charge in [-0.25, -0.2) is 0 Å². The zero-order valence-corrected chi connectivity index (χ0v) is 10.1. The van der Waals surface area contributed by atoms with E-state index in [0.717, 1.165) is 21.3 Å². The zero-order chi connectivity index (χ0) is 12.2. The van der Waals surface area contributed by atoms with Gasteiger partial charge in [-0.2, -0.15) is 15.4 Å². The molecule has 0 aliphatic carbocycles. The highest BCUT2D eigenvalue weighted by Crippen LogP contribution is 2.12. The van der Waals surface area contributed by atoms with E-state index in [9.17, 15) is 0 Å². The molecule has 0 radical (unpaired) electrons. The van der Waals surface area contributed by atoms with Gasteiger partial charge in [-0.1, -0.05) is 28.8 Å². The van der Waals surface area contributed by atoms with Crippen molar-refractivity contribution in [3.8, 4) is 0 Å². The molecular formula is C12H9N5S. The molecule has 5 nitrogen and oxygen atoms in total. The first-order valence-corrected chi connectivity index (χ1v) is 6.13. The molecule has 0 atom stereocenters. The van der Waals surface area contributed by atoms with Crippen LogP contribution >= 0.6 is 11.5 Å². The van der Waals surface area contributed by atoms with Crippen LogP contribution in [-0.4, -0.2) is 25.0 Å². The maximum absolute atomic E-state index is 3.89. The summed E-state index contributed by atoms with van der Waals surface area (Å²) in [5.41, 5.74) is 2.82. The molecule has 0 unspecified atom stereocenters. The fraction of sp³-hybridized carbons (Fsp3) is 0. The third-order valence-electron chi connectivity index (χ3n) is 2.38. The van der Waals surface area contributed by atoms with Gasteiger partial charge in [0.2, 0.25) is 0 Å². The highest BCUT2D eigenvalue weighted by molar-refractivity contribution is 7.12. The summed E-state index contributed by atoms with van der Waals surface area (Å²) in [7, 11) is 0. The summed E-state index contributed by atoms with van der Waals surface area (Å²) in [5, 5.41) is 14.2. The van der Waals surface area contributed by atoms with E-state index in [1.54, 1.807) is 0 Å². The van der Waals surface area contributed by atoms with Gasteiger partial charge in [0, 0.05) is 0 Å². The minimum Gasteiger partial charge on any atom is -0.197 e. The van der Waals surface area contributed by atoms with Crippen LogP contribution in [0.15, 0.2) is 48.5 Å². The highest BCUT2D eigenvalue weighted by atomic mass is 32.1. The van der Waals surface area contributed by atoms with Crippen LogP contribution in [-0.2, 0) is 0 Å². The quantitative estimate of drug-likeness (QED) is 0.524. The van der Waals surface area contributed by atoms with Gasteiger partial charge in [-0.15, -0.1) is 5.10 Å². The fourth-order valence-corrected chi connectivity index (χ4v) is 2.07. The number of para-hydroxylation sites is 2. The zero-order valence-electron chi connectivity index (χ0n) is 9.32. The largest absolute Gasteiger partial charge is 0.197 e. The molecule has 0 aliphatic heterocycles. The summed E-state index contributed by atoms with van der Waals surface area (Å²) in [5.74, 6) is 0. The molecule has 4 aromatic rings. The maximum Gasteiger partial charge on any atom is 0.112 e. The highest BCUT2D eigenvalue weighted by Gasteiger charge is 1.91. The Kier molecular flexibility index (Phi) is 2.93. The second-order valence-corrected chi connectivity index (χ2v) is 4.34. The Labute approximate surface area is 107 Å². The van der Waals surface area contributed by atoms with E-state index in [1.165, 1.54) is 11.5 Å². The second kappa shape index (κ2) is 4.89. The molecule has 2 aromatic carbocycles.